The van der Waals surface area contributed by atoms with Gasteiger partial charge in [0.05, 0.1) is 17.1 Å². The van der Waals surface area contributed by atoms with E-state index in [2.05, 4.69) is 50.0 Å². The van der Waals surface area contributed by atoms with E-state index in [1.807, 2.05) is 30.1 Å². The molecular weight excluding hydrogens is 604 g/mol. The summed E-state index contributed by atoms with van der Waals surface area (Å²) in [6.07, 6.45) is 9.99. The van der Waals surface area contributed by atoms with Gasteiger partial charge in [0.1, 0.15) is 11.9 Å². The first kappa shape index (κ1) is 33.5. The van der Waals surface area contributed by atoms with Crippen LogP contribution >= 0.6 is 0 Å². The molecule has 1 aromatic heterocycles. The third kappa shape index (κ3) is 6.15. The van der Waals surface area contributed by atoms with E-state index in [9.17, 15) is 14.7 Å². The van der Waals surface area contributed by atoms with Crippen LogP contribution in [-0.4, -0.2) is 77.5 Å². The summed E-state index contributed by atoms with van der Waals surface area (Å²) < 4.78 is 12.5. The van der Waals surface area contributed by atoms with Crippen LogP contribution in [0.5, 0.6) is 0 Å². The Balaban J connectivity index is 1.03. The molecule has 4 heterocycles. The zero-order chi connectivity index (χ0) is 33.8. The van der Waals surface area contributed by atoms with Gasteiger partial charge in [0.2, 0.25) is 5.91 Å². The third-order valence-electron chi connectivity index (χ3n) is 12.0. The smallest absolute Gasteiger partial charge is 0.325 e. The molecule has 1 amide bonds. The van der Waals surface area contributed by atoms with Gasteiger partial charge in [-0.3, -0.25) is 14.5 Å². The van der Waals surface area contributed by atoms with E-state index in [4.69, 9.17) is 14.5 Å². The second-order valence-corrected chi connectivity index (χ2v) is 16.4. The monoisotopic (exact) mass is 658 g/mol. The van der Waals surface area contributed by atoms with Crippen LogP contribution in [0.25, 0.3) is 0 Å². The number of hydrogen-bond acceptors (Lipinski definition) is 7. The summed E-state index contributed by atoms with van der Waals surface area (Å²) in [5.41, 5.74) is 4.12. The van der Waals surface area contributed by atoms with Gasteiger partial charge in [0.15, 0.2) is 0 Å². The van der Waals surface area contributed by atoms with Crippen molar-refractivity contribution in [2.75, 3.05) is 37.0 Å². The molecule has 2 aromatic rings. The molecule has 5 aliphatic rings. The summed E-state index contributed by atoms with van der Waals surface area (Å²) >= 11 is 0. The molecule has 3 aliphatic heterocycles. The second-order valence-electron chi connectivity index (χ2n) is 16.4. The summed E-state index contributed by atoms with van der Waals surface area (Å²) in [4.78, 5) is 36.2. The van der Waals surface area contributed by atoms with Gasteiger partial charge in [-0.25, -0.2) is 4.98 Å². The molecular formula is C39H54N4O5. The molecule has 7 rings (SSSR count). The molecule has 260 valence electrons. The van der Waals surface area contributed by atoms with Crippen LogP contribution < -0.4 is 10.2 Å². The Kier molecular flexibility index (Phi) is 8.86. The van der Waals surface area contributed by atoms with E-state index >= 15 is 0 Å². The highest BCUT2D eigenvalue weighted by Gasteiger charge is 2.62. The summed E-state index contributed by atoms with van der Waals surface area (Å²) in [7, 11) is 1.96. The molecule has 1 spiro atoms. The quantitative estimate of drug-likeness (QED) is 0.266. The first-order valence-electron chi connectivity index (χ1n) is 18.3. The molecule has 48 heavy (non-hydrogen) atoms. The van der Waals surface area contributed by atoms with Gasteiger partial charge < -0.3 is 24.8 Å². The van der Waals surface area contributed by atoms with Crippen molar-refractivity contribution in [2.45, 2.75) is 134 Å². The molecule has 2 N–H and O–H groups in total. The van der Waals surface area contributed by atoms with E-state index in [1.165, 1.54) is 12.0 Å². The minimum Gasteiger partial charge on any atom is -0.480 e. The van der Waals surface area contributed by atoms with Crippen LogP contribution in [0.4, 0.5) is 11.5 Å². The Labute approximate surface area is 285 Å². The number of ether oxygens (including phenoxy) is 2. The Hall–Kier alpha value is -3.01. The van der Waals surface area contributed by atoms with Crippen molar-refractivity contribution in [1.82, 2.24) is 9.88 Å². The lowest BCUT2D eigenvalue weighted by Crippen LogP contribution is -2.48. The number of carboxylic acid groups (broad SMARTS) is 1. The fourth-order valence-corrected chi connectivity index (χ4v) is 9.20. The lowest BCUT2D eigenvalue weighted by molar-refractivity contribution is -0.144. The molecule has 1 aromatic carbocycles. The van der Waals surface area contributed by atoms with Gasteiger partial charge in [-0.05, 0) is 126 Å². The zero-order valence-electron chi connectivity index (χ0n) is 29.5. The Morgan fingerprint density at radius 2 is 1.98 bits per heavy atom. The maximum atomic E-state index is 14.1. The number of likely N-dealkylation sites (N-methyl/N-ethyl adjacent to an activating group) is 1. The van der Waals surface area contributed by atoms with Gasteiger partial charge in [-0.2, -0.15) is 0 Å². The number of carbonyl (C=O) groups excluding carboxylic acids is 1. The number of aryl methyl sites for hydroxylation is 2. The summed E-state index contributed by atoms with van der Waals surface area (Å²) in [6, 6.07) is 9.59. The van der Waals surface area contributed by atoms with Gasteiger partial charge in [0.25, 0.3) is 0 Å². The highest BCUT2D eigenvalue weighted by molar-refractivity contribution is 6.11. The maximum absolute atomic E-state index is 14.1. The number of carboxylic acids is 1. The molecule has 3 unspecified atom stereocenters. The molecule has 4 atom stereocenters. The zero-order valence-corrected chi connectivity index (χ0v) is 29.5. The molecule has 2 saturated carbocycles. The van der Waals surface area contributed by atoms with E-state index in [1.54, 1.807) is 0 Å². The average Bonchev–Trinajstić information content (AvgIpc) is 3.72. The van der Waals surface area contributed by atoms with E-state index in [0.717, 1.165) is 99.1 Å². The minimum atomic E-state index is -0.868. The van der Waals surface area contributed by atoms with Crippen molar-refractivity contribution in [3.05, 3.63) is 52.7 Å². The number of pyridine rings is 1. The average molecular weight is 659 g/mol. The number of nitrogens with zero attached hydrogens (tertiary/aromatic N) is 3. The van der Waals surface area contributed by atoms with Crippen molar-refractivity contribution in [1.29, 1.82) is 0 Å². The van der Waals surface area contributed by atoms with Crippen molar-refractivity contribution in [2.24, 2.45) is 5.41 Å². The Bertz CT molecular complexity index is 1550. The number of fused-ring (bicyclic) bond motifs is 3. The van der Waals surface area contributed by atoms with Gasteiger partial charge >= 0.3 is 5.97 Å². The van der Waals surface area contributed by atoms with Gasteiger partial charge in [-0.1, -0.05) is 32.0 Å². The van der Waals surface area contributed by atoms with Crippen molar-refractivity contribution in [3.63, 3.8) is 0 Å². The highest BCUT2D eigenvalue weighted by atomic mass is 16.5. The predicted octanol–water partition coefficient (Wildman–Crippen LogP) is 6.43. The van der Waals surface area contributed by atoms with Crippen LogP contribution in [0.1, 0.15) is 114 Å². The number of carbonyl (C=O) groups is 2. The molecule has 2 aliphatic carbocycles. The summed E-state index contributed by atoms with van der Waals surface area (Å²) in [6.45, 7) is 11.0. The van der Waals surface area contributed by atoms with Gasteiger partial charge in [-0.15, -0.1) is 0 Å². The first-order valence-corrected chi connectivity index (χ1v) is 18.3. The normalized spacial score (nSPS) is 27.1. The molecule has 0 bridgehead atoms. The number of unbranched alkanes of at least 4 members (excludes halogenated alkanes) is 1. The van der Waals surface area contributed by atoms with Crippen LogP contribution in [0.2, 0.25) is 0 Å². The number of aliphatic carboxylic acids is 1. The Morgan fingerprint density at radius 1 is 1.17 bits per heavy atom. The maximum Gasteiger partial charge on any atom is 0.325 e. The number of amides is 1. The van der Waals surface area contributed by atoms with Crippen LogP contribution in [-0.2, 0) is 37.3 Å². The number of benzene rings is 1. The summed E-state index contributed by atoms with van der Waals surface area (Å²) in [5, 5.41) is 14.2. The lowest BCUT2D eigenvalue weighted by Gasteiger charge is -2.40. The fourth-order valence-electron chi connectivity index (χ4n) is 9.20. The van der Waals surface area contributed by atoms with E-state index < -0.39 is 17.4 Å². The molecule has 9 heteroatoms. The number of rotatable bonds is 11. The SMILES string of the molecule is CN(C1CC(OCCCCc2ccc3c(n2)NCCC3)C(C)(C)C1)C(C(=O)O)c1cccc2c1C1(CC1)C(=O)N2[C@@H]1CCOC(C)(C)C1. The van der Waals surface area contributed by atoms with E-state index in [-0.39, 0.29) is 35.1 Å². The van der Waals surface area contributed by atoms with Gasteiger partial charge in [0, 0.05) is 43.2 Å². The second kappa shape index (κ2) is 12.7. The van der Waals surface area contributed by atoms with Crippen LogP contribution in [0, 0.1) is 5.41 Å². The van der Waals surface area contributed by atoms with Crippen molar-refractivity contribution < 1.29 is 24.2 Å². The van der Waals surface area contributed by atoms with Crippen molar-refractivity contribution in [3.8, 4) is 0 Å². The third-order valence-corrected chi connectivity index (χ3v) is 12.0. The first-order chi connectivity index (χ1) is 22.9. The van der Waals surface area contributed by atoms with Crippen LogP contribution in [0.15, 0.2) is 30.3 Å². The molecule has 1 saturated heterocycles. The topological polar surface area (TPSA) is 104 Å². The number of anilines is 2. The molecule has 3 fully saturated rings. The largest absolute Gasteiger partial charge is 0.480 e. The predicted molar refractivity (Wildman–Crippen MR) is 187 cm³/mol. The standard InChI is InChI=1S/C39H54N4O5/c1-37(2)23-28(22-31(37)47-20-7-6-11-26-15-14-25-10-9-19-40-34(25)41-26)42(5)33(35(44)45)29-12-8-13-30-32(29)39(17-18-39)36(46)43(30)27-16-21-48-38(3,4)24-27/h8,12-15,27-28,31,33H,6-7,9-11,16-24H2,1-5H3,(H,40,41)(H,44,45)/t27-,28?,31?,33?/m1/s1. The molecule has 0 radical (unpaired) electrons. The number of hydrogen-bond donors (Lipinski definition) is 2. The Morgan fingerprint density at radius 3 is 2.73 bits per heavy atom. The van der Waals surface area contributed by atoms with Crippen LogP contribution in [0.3, 0.4) is 0 Å². The number of nitrogens with one attached hydrogen (secondary N) is 1. The fraction of sp³-hybridized carbons (Fsp3) is 0.667. The summed E-state index contributed by atoms with van der Waals surface area (Å²) in [5.74, 6) is 0.333. The number of aromatic nitrogens is 1. The lowest BCUT2D eigenvalue weighted by atomic mass is 9.87. The minimum absolute atomic E-state index is 0.0498. The van der Waals surface area contributed by atoms with E-state index in [0.29, 0.717) is 13.2 Å². The van der Waals surface area contributed by atoms with Crippen molar-refractivity contribution >= 4 is 23.4 Å². The highest BCUT2D eigenvalue weighted by Crippen LogP contribution is 2.60. The molecule has 9 nitrogen and oxygen atoms in total.